The van der Waals surface area contributed by atoms with Crippen molar-refractivity contribution in [3.8, 4) is 5.75 Å². The van der Waals surface area contributed by atoms with E-state index in [0.29, 0.717) is 30.3 Å². The third kappa shape index (κ3) is 5.81. The van der Waals surface area contributed by atoms with Crippen molar-refractivity contribution in [1.29, 1.82) is 0 Å². The average Bonchev–Trinajstić information content (AvgIpc) is 3.47. The molecule has 0 spiro atoms. The molecule has 142 valence electrons. The highest BCUT2D eigenvalue weighted by atomic mass is 19.1. The number of amides is 2. The number of benzene rings is 2. The molecule has 2 N–H and O–H groups in total. The van der Waals surface area contributed by atoms with Crippen LogP contribution in [0.25, 0.3) is 0 Å². The largest absolute Gasteiger partial charge is 0.484 e. The summed E-state index contributed by atoms with van der Waals surface area (Å²) >= 11 is 0. The second-order valence-electron chi connectivity index (χ2n) is 6.74. The fraction of sp³-hybridized carbons (Fsp3) is 0.333. The lowest BCUT2D eigenvalue weighted by molar-refractivity contribution is -0.123. The molecule has 2 aromatic carbocycles. The van der Waals surface area contributed by atoms with Gasteiger partial charge in [-0.2, -0.15) is 0 Å². The van der Waals surface area contributed by atoms with Gasteiger partial charge in [0.25, 0.3) is 11.8 Å². The highest BCUT2D eigenvalue weighted by Gasteiger charge is 2.23. The number of carbonyl (C=O) groups excluding carboxylic acids is 2. The molecule has 3 rings (SSSR count). The number of rotatable bonds is 8. The van der Waals surface area contributed by atoms with Crippen molar-refractivity contribution in [2.24, 2.45) is 0 Å². The van der Waals surface area contributed by atoms with Crippen molar-refractivity contribution >= 4 is 11.8 Å². The Hall–Kier alpha value is -2.89. The molecule has 0 unspecified atom stereocenters. The van der Waals surface area contributed by atoms with Gasteiger partial charge in [0, 0.05) is 18.2 Å². The van der Waals surface area contributed by atoms with Crippen LogP contribution in [0, 0.1) is 12.7 Å². The molecule has 27 heavy (non-hydrogen) atoms. The Morgan fingerprint density at radius 2 is 1.89 bits per heavy atom. The number of halogens is 1. The van der Waals surface area contributed by atoms with Gasteiger partial charge in [0.05, 0.1) is 0 Å². The first-order valence-corrected chi connectivity index (χ1v) is 9.07. The fourth-order valence-corrected chi connectivity index (χ4v) is 2.65. The van der Waals surface area contributed by atoms with Crippen molar-refractivity contribution in [2.45, 2.75) is 32.2 Å². The number of aryl methyl sites for hydroxylation is 1. The molecule has 1 saturated carbocycles. The number of nitrogens with one attached hydrogen (secondary N) is 2. The molecule has 1 aliphatic carbocycles. The van der Waals surface area contributed by atoms with Crippen LogP contribution in [0.1, 0.15) is 34.3 Å². The van der Waals surface area contributed by atoms with Crippen molar-refractivity contribution in [2.75, 3.05) is 13.2 Å². The monoisotopic (exact) mass is 370 g/mol. The maximum Gasteiger partial charge on any atom is 0.258 e. The molecule has 0 saturated heterocycles. The molecule has 0 aromatic heterocycles. The molecule has 2 aromatic rings. The Morgan fingerprint density at radius 3 is 2.59 bits per heavy atom. The molecular formula is C21H23FN2O3. The van der Waals surface area contributed by atoms with Gasteiger partial charge in [0.1, 0.15) is 11.6 Å². The van der Waals surface area contributed by atoms with Crippen molar-refractivity contribution in [1.82, 2.24) is 10.6 Å². The van der Waals surface area contributed by atoms with E-state index in [9.17, 15) is 14.0 Å². The summed E-state index contributed by atoms with van der Waals surface area (Å²) in [4.78, 5) is 23.8. The van der Waals surface area contributed by atoms with E-state index in [1.165, 1.54) is 12.1 Å². The fourth-order valence-electron chi connectivity index (χ4n) is 2.65. The van der Waals surface area contributed by atoms with Crippen LogP contribution in [0.5, 0.6) is 5.75 Å². The smallest absolute Gasteiger partial charge is 0.258 e. The van der Waals surface area contributed by atoms with Crippen molar-refractivity contribution in [3.63, 3.8) is 0 Å². The first-order chi connectivity index (χ1) is 13.0. The predicted molar refractivity (Wildman–Crippen MR) is 100 cm³/mol. The number of carbonyl (C=O) groups is 2. The van der Waals surface area contributed by atoms with E-state index in [1.807, 2.05) is 12.1 Å². The van der Waals surface area contributed by atoms with Gasteiger partial charge in [0.15, 0.2) is 6.61 Å². The third-order valence-corrected chi connectivity index (χ3v) is 4.38. The van der Waals surface area contributed by atoms with Gasteiger partial charge in [-0.3, -0.25) is 9.59 Å². The standard InChI is InChI=1S/C21H23FN2O3/c1-14-2-5-16(22)12-19(14)21(26)23-11-10-15-3-8-18(9-4-15)27-13-20(25)24-17-6-7-17/h2-5,8-9,12,17H,6-7,10-11,13H2,1H3,(H,23,26)(H,24,25). The first kappa shape index (κ1) is 18.9. The lowest BCUT2D eigenvalue weighted by atomic mass is 10.1. The Morgan fingerprint density at radius 1 is 1.15 bits per heavy atom. The molecule has 2 amide bonds. The second kappa shape index (κ2) is 8.66. The molecule has 5 nitrogen and oxygen atoms in total. The molecule has 0 bridgehead atoms. The summed E-state index contributed by atoms with van der Waals surface area (Å²) in [5.74, 6) is -0.179. The zero-order chi connectivity index (χ0) is 19.2. The van der Waals surface area contributed by atoms with E-state index < -0.39 is 5.82 Å². The van der Waals surface area contributed by atoms with E-state index in [0.717, 1.165) is 24.0 Å². The van der Waals surface area contributed by atoms with Crippen LogP contribution in [0.2, 0.25) is 0 Å². The SMILES string of the molecule is Cc1ccc(F)cc1C(=O)NCCc1ccc(OCC(=O)NC2CC2)cc1. The van der Waals surface area contributed by atoms with E-state index in [1.54, 1.807) is 25.1 Å². The van der Waals surface area contributed by atoms with E-state index >= 15 is 0 Å². The predicted octanol–water partition coefficient (Wildman–Crippen LogP) is 2.76. The van der Waals surface area contributed by atoms with Crippen LogP contribution in [-0.4, -0.2) is 31.0 Å². The number of ether oxygens (including phenoxy) is 1. The first-order valence-electron chi connectivity index (χ1n) is 9.07. The molecule has 1 aliphatic rings. The third-order valence-electron chi connectivity index (χ3n) is 4.38. The van der Waals surface area contributed by atoms with Crippen LogP contribution in [0.15, 0.2) is 42.5 Å². The zero-order valence-electron chi connectivity index (χ0n) is 15.3. The molecule has 1 fully saturated rings. The zero-order valence-corrected chi connectivity index (χ0v) is 15.3. The maximum absolute atomic E-state index is 13.3. The second-order valence-corrected chi connectivity index (χ2v) is 6.74. The Kier molecular flexibility index (Phi) is 6.06. The summed E-state index contributed by atoms with van der Waals surface area (Å²) in [7, 11) is 0. The summed E-state index contributed by atoms with van der Waals surface area (Å²) in [6.45, 7) is 2.23. The lowest BCUT2D eigenvalue weighted by Crippen LogP contribution is -2.30. The van der Waals surface area contributed by atoms with Gasteiger partial charge in [-0.05, 0) is 61.6 Å². The molecular weight excluding hydrogens is 347 g/mol. The van der Waals surface area contributed by atoms with Crippen LogP contribution in [0.4, 0.5) is 4.39 Å². The van der Waals surface area contributed by atoms with Gasteiger partial charge in [-0.25, -0.2) is 4.39 Å². The molecule has 0 atom stereocenters. The average molecular weight is 370 g/mol. The summed E-state index contributed by atoms with van der Waals surface area (Å²) in [5.41, 5.74) is 2.12. The topological polar surface area (TPSA) is 67.4 Å². The van der Waals surface area contributed by atoms with Crippen molar-refractivity contribution in [3.05, 3.63) is 65.0 Å². The minimum atomic E-state index is -0.424. The maximum atomic E-state index is 13.3. The Balaban J connectivity index is 1.42. The Bertz CT molecular complexity index is 817. The lowest BCUT2D eigenvalue weighted by Gasteiger charge is -2.09. The summed E-state index contributed by atoms with van der Waals surface area (Å²) in [6, 6.07) is 11.9. The van der Waals surface area contributed by atoms with Crippen LogP contribution in [0.3, 0.4) is 0 Å². The van der Waals surface area contributed by atoms with Gasteiger partial charge >= 0.3 is 0 Å². The molecule has 0 heterocycles. The summed E-state index contributed by atoms with van der Waals surface area (Å²) < 4.78 is 18.8. The molecule has 6 heteroatoms. The van der Waals surface area contributed by atoms with Crippen LogP contribution in [-0.2, 0) is 11.2 Å². The normalized spacial score (nSPS) is 13.1. The highest BCUT2D eigenvalue weighted by Crippen LogP contribution is 2.18. The summed E-state index contributed by atoms with van der Waals surface area (Å²) in [5, 5.41) is 5.67. The van der Waals surface area contributed by atoms with E-state index in [4.69, 9.17) is 4.74 Å². The summed E-state index contributed by atoms with van der Waals surface area (Å²) in [6.07, 6.45) is 2.74. The van der Waals surface area contributed by atoms with Gasteiger partial charge < -0.3 is 15.4 Å². The van der Waals surface area contributed by atoms with E-state index in [2.05, 4.69) is 10.6 Å². The quantitative estimate of drug-likeness (QED) is 0.751. The van der Waals surface area contributed by atoms with Gasteiger partial charge in [-0.1, -0.05) is 18.2 Å². The Labute approximate surface area is 157 Å². The molecule has 0 aliphatic heterocycles. The van der Waals surface area contributed by atoms with Gasteiger partial charge in [-0.15, -0.1) is 0 Å². The minimum absolute atomic E-state index is 0.0128. The highest BCUT2D eigenvalue weighted by molar-refractivity contribution is 5.95. The van der Waals surface area contributed by atoms with Crippen LogP contribution >= 0.6 is 0 Å². The number of hydrogen-bond donors (Lipinski definition) is 2. The van der Waals surface area contributed by atoms with Crippen molar-refractivity contribution < 1.29 is 18.7 Å². The number of hydrogen-bond acceptors (Lipinski definition) is 3. The van der Waals surface area contributed by atoms with E-state index in [-0.39, 0.29) is 18.4 Å². The van der Waals surface area contributed by atoms with Gasteiger partial charge in [0.2, 0.25) is 0 Å². The minimum Gasteiger partial charge on any atom is -0.484 e. The molecule has 0 radical (unpaired) electrons. The van der Waals surface area contributed by atoms with Crippen LogP contribution < -0.4 is 15.4 Å².